The van der Waals surface area contributed by atoms with E-state index in [0.29, 0.717) is 16.7 Å². The Kier molecular flexibility index (Phi) is 3.24. The van der Waals surface area contributed by atoms with E-state index in [1.165, 1.54) is 24.0 Å². The highest BCUT2D eigenvalue weighted by Crippen LogP contribution is 2.16. The summed E-state index contributed by atoms with van der Waals surface area (Å²) >= 11 is 1.32. The number of nitrogen functional groups attached to an aromatic ring is 2. The lowest BCUT2D eigenvalue weighted by molar-refractivity contribution is 0.943. The molecule has 0 bridgehead atoms. The van der Waals surface area contributed by atoms with Gasteiger partial charge in [-0.1, -0.05) is 11.8 Å². The Morgan fingerprint density at radius 1 is 1.24 bits per heavy atom. The van der Waals surface area contributed by atoms with Crippen molar-refractivity contribution in [1.82, 2.24) is 19.9 Å². The SMILES string of the molecule is Nc1cnc(CSc2nc(N)cc(=O)[nH]2)cn1. The van der Waals surface area contributed by atoms with Gasteiger partial charge in [-0.3, -0.25) is 9.78 Å². The van der Waals surface area contributed by atoms with E-state index in [9.17, 15) is 4.79 Å². The molecular weight excluding hydrogens is 240 g/mol. The van der Waals surface area contributed by atoms with Gasteiger partial charge in [-0.15, -0.1) is 0 Å². The molecule has 0 fully saturated rings. The Labute approximate surface area is 101 Å². The first-order chi connectivity index (χ1) is 8.13. The molecule has 5 N–H and O–H groups in total. The van der Waals surface area contributed by atoms with Crippen LogP contribution in [0.4, 0.5) is 11.6 Å². The number of nitrogens with two attached hydrogens (primary N) is 2. The Balaban J connectivity index is 2.07. The lowest BCUT2D eigenvalue weighted by atomic mass is 10.5. The van der Waals surface area contributed by atoms with Gasteiger partial charge in [0.05, 0.1) is 18.1 Å². The van der Waals surface area contributed by atoms with E-state index >= 15 is 0 Å². The van der Waals surface area contributed by atoms with E-state index in [-0.39, 0.29) is 11.4 Å². The molecule has 0 aromatic carbocycles. The number of hydrogen-bond acceptors (Lipinski definition) is 7. The molecule has 0 saturated carbocycles. The van der Waals surface area contributed by atoms with E-state index in [1.807, 2.05) is 0 Å². The predicted molar refractivity (Wildman–Crippen MR) is 65.3 cm³/mol. The molecule has 0 spiro atoms. The summed E-state index contributed by atoms with van der Waals surface area (Å²) in [5.74, 6) is 1.09. The number of aromatic nitrogens is 4. The van der Waals surface area contributed by atoms with Crippen molar-refractivity contribution in [3.05, 3.63) is 34.5 Å². The maximum absolute atomic E-state index is 11.1. The van der Waals surface area contributed by atoms with Gasteiger partial charge in [-0.05, 0) is 0 Å². The zero-order valence-electron chi connectivity index (χ0n) is 8.75. The zero-order chi connectivity index (χ0) is 12.3. The number of thioether (sulfide) groups is 1. The molecule has 2 aromatic rings. The van der Waals surface area contributed by atoms with Crippen molar-refractivity contribution in [1.29, 1.82) is 0 Å². The molecule has 7 nitrogen and oxygen atoms in total. The summed E-state index contributed by atoms with van der Waals surface area (Å²) in [7, 11) is 0. The third-order valence-corrected chi connectivity index (χ3v) is 2.73. The lowest BCUT2D eigenvalue weighted by Gasteiger charge is -2.01. The molecule has 17 heavy (non-hydrogen) atoms. The van der Waals surface area contributed by atoms with Crippen LogP contribution in [0.25, 0.3) is 0 Å². The summed E-state index contributed by atoms with van der Waals surface area (Å²) in [5, 5.41) is 0.452. The molecule has 0 amide bonds. The van der Waals surface area contributed by atoms with Crippen LogP contribution in [-0.4, -0.2) is 19.9 Å². The molecule has 88 valence electrons. The minimum absolute atomic E-state index is 0.194. The van der Waals surface area contributed by atoms with Crippen molar-refractivity contribution >= 4 is 23.4 Å². The molecule has 0 radical (unpaired) electrons. The second-order valence-corrected chi connectivity index (χ2v) is 4.16. The fraction of sp³-hybridized carbons (Fsp3) is 0.111. The van der Waals surface area contributed by atoms with E-state index < -0.39 is 0 Å². The summed E-state index contributed by atoms with van der Waals surface area (Å²) in [6.07, 6.45) is 3.05. The Bertz CT molecular complexity index is 566. The van der Waals surface area contributed by atoms with Gasteiger partial charge in [0.25, 0.3) is 5.56 Å². The van der Waals surface area contributed by atoms with Gasteiger partial charge in [-0.25, -0.2) is 9.97 Å². The fourth-order valence-electron chi connectivity index (χ4n) is 1.10. The molecular formula is C9H10N6OS. The second kappa shape index (κ2) is 4.83. The van der Waals surface area contributed by atoms with Crippen LogP contribution in [0.15, 0.2) is 28.4 Å². The average Bonchev–Trinajstić information content (AvgIpc) is 2.27. The first kappa shape index (κ1) is 11.4. The van der Waals surface area contributed by atoms with Gasteiger partial charge in [0.1, 0.15) is 11.6 Å². The smallest absolute Gasteiger partial charge is 0.253 e. The largest absolute Gasteiger partial charge is 0.383 e. The number of nitrogens with zero attached hydrogens (tertiary/aromatic N) is 3. The number of rotatable bonds is 3. The number of anilines is 2. The minimum Gasteiger partial charge on any atom is -0.383 e. The third kappa shape index (κ3) is 3.18. The Hall–Kier alpha value is -2.09. The molecule has 0 aliphatic rings. The highest BCUT2D eigenvalue weighted by molar-refractivity contribution is 7.98. The first-order valence-electron chi connectivity index (χ1n) is 4.69. The number of hydrogen-bond donors (Lipinski definition) is 3. The van der Waals surface area contributed by atoms with Crippen LogP contribution in [0, 0.1) is 0 Å². The lowest BCUT2D eigenvalue weighted by Crippen LogP contribution is -2.09. The van der Waals surface area contributed by atoms with Crippen LogP contribution in [0.2, 0.25) is 0 Å². The monoisotopic (exact) mass is 250 g/mol. The number of H-pyrrole nitrogens is 1. The van der Waals surface area contributed by atoms with Crippen molar-refractivity contribution < 1.29 is 0 Å². The average molecular weight is 250 g/mol. The van der Waals surface area contributed by atoms with Crippen LogP contribution in [-0.2, 0) is 5.75 Å². The van der Waals surface area contributed by atoms with Crippen molar-refractivity contribution in [2.45, 2.75) is 10.9 Å². The molecule has 8 heteroatoms. The summed E-state index contributed by atoms with van der Waals surface area (Å²) < 4.78 is 0. The van der Waals surface area contributed by atoms with Gasteiger partial charge in [0.2, 0.25) is 0 Å². The zero-order valence-corrected chi connectivity index (χ0v) is 9.57. The highest BCUT2D eigenvalue weighted by Gasteiger charge is 2.02. The van der Waals surface area contributed by atoms with Gasteiger partial charge in [0.15, 0.2) is 5.16 Å². The van der Waals surface area contributed by atoms with Crippen molar-refractivity contribution in [2.24, 2.45) is 0 Å². The third-order valence-electron chi connectivity index (χ3n) is 1.82. The maximum Gasteiger partial charge on any atom is 0.253 e. The minimum atomic E-state index is -0.275. The molecule has 2 aromatic heterocycles. The number of nitrogens with one attached hydrogen (secondary N) is 1. The van der Waals surface area contributed by atoms with Gasteiger partial charge in [0, 0.05) is 11.8 Å². The predicted octanol–water partition coefficient (Wildman–Crippen LogP) is 0.0166. The van der Waals surface area contributed by atoms with Gasteiger partial charge < -0.3 is 16.5 Å². The van der Waals surface area contributed by atoms with Crippen LogP contribution in [0.3, 0.4) is 0 Å². The second-order valence-electron chi connectivity index (χ2n) is 3.20. The fourth-order valence-corrected chi connectivity index (χ4v) is 1.88. The Morgan fingerprint density at radius 2 is 2.06 bits per heavy atom. The summed E-state index contributed by atoms with van der Waals surface area (Å²) in [6.45, 7) is 0. The van der Waals surface area contributed by atoms with Crippen molar-refractivity contribution in [2.75, 3.05) is 11.5 Å². The van der Waals surface area contributed by atoms with E-state index in [1.54, 1.807) is 6.20 Å². The van der Waals surface area contributed by atoms with Crippen LogP contribution < -0.4 is 17.0 Å². The molecule has 0 saturated heterocycles. The quantitative estimate of drug-likeness (QED) is 0.518. The molecule has 0 atom stereocenters. The summed E-state index contributed by atoms with van der Waals surface area (Å²) in [4.78, 5) is 25.7. The normalized spacial score (nSPS) is 10.4. The van der Waals surface area contributed by atoms with E-state index in [0.717, 1.165) is 5.69 Å². The Morgan fingerprint density at radius 3 is 2.71 bits per heavy atom. The van der Waals surface area contributed by atoms with Crippen molar-refractivity contribution in [3.8, 4) is 0 Å². The first-order valence-corrected chi connectivity index (χ1v) is 5.68. The van der Waals surface area contributed by atoms with Gasteiger partial charge >= 0.3 is 0 Å². The standard InChI is InChI=1S/C9H10N6OS/c10-6-1-8(16)15-9(14-6)17-4-5-2-13-7(11)3-12-5/h1-3H,4H2,(H2,11,13)(H3,10,14,15,16). The topological polar surface area (TPSA) is 124 Å². The molecule has 0 unspecified atom stereocenters. The van der Waals surface area contributed by atoms with Crippen LogP contribution in [0.1, 0.15) is 5.69 Å². The van der Waals surface area contributed by atoms with Gasteiger partial charge in [-0.2, -0.15) is 0 Å². The van der Waals surface area contributed by atoms with E-state index in [2.05, 4.69) is 19.9 Å². The van der Waals surface area contributed by atoms with Crippen LogP contribution in [0.5, 0.6) is 0 Å². The molecule has 0 aliphatic carbocycles. The molecule has 0 aliphatic heterocycles. The summed E-state index contributed by atoms with van der Waals surface area (Å²) in [6, 6.07) is 1.23. The van der Waals surface area contributed by atoms with Crippen molar-refractivity contribution in [3.63, 3.8) is 0 Å². The molecule has 2 rings (SSSR count). The van der Waals surface area contributed by atoms with Crippen LogP contribution >= 0.6 is 11.8 Å². The highest BCUT2D eigenvalue weighted by atomic mass is 32.2. The molecule has 2 heterocycles. The van der Waals surface area contributed by atoms with E-state index in [4.69, 9.17) is 11.5 Å². The maximum atomic E-state index is 11.1. The number of aromatic amines is 1. The summed E-state index contributed by atoms with van der Waals surface area (Å²) in [5.41, 5.74) is 11.3.